The maximum absolute atomic E-state index is 11.9. The van der Waals surface area contributed by atoms with Crippen molar-refractivity contribution in [2.75, 3.05) is 6.54 Å². The van der Waals surface area contributed by atoms with Crippen LogP contribution in [0.2, 0.25) is 0 Å². The summed E-state index contributed by atoms with van der Waals surface area (Å²) in [5, 5.41) is 6.88. The fraction of sp³-hybridized carbons (Fsp3) is 0.588. The highest BCUT2D eigenvalue weighted by Gasteiger charge is 2.59. The molecule has 2 fully saturated rings. The number of hydrogen-bond acceptors (Lipinski definition) is 4. The first-order chi connectivity index (χ1) is 11.2. The van der Waals surface area contributed by atoms with Crippen molar-refractivity contribution in [2.45, 2.75) is 40.0 Å². The molecule has 0 aromatic carbocycles. The summed E-state index contributed by atoms with van der Waals surface area (Å²) < 4.78 is 5.60. The van der Waals surface area contributed by atoms with Gasteiger partial charge in [0.05, 0.1) is 6.54 Å². The fourth-order valence-corrected chi connectivity index (χ4v) is 4.26. The largest absolute Gasteiger partial charge is 0.444 e. The zero-order valence-corrected chi connectivity index (χ0v) is 15.7. The molecule has 1 aromatic heterocycles. The van der Waals surface area contributed by atoms with E-state index in [2.05, 4.69) is 52.5 Å². The standard InChI is InChI=1S/C17H22BrN3O3/c1-16(2)10-6-7-17(16,3)12(8-10)20-21-14(22)9-19-15(23)11-4-5-13(18)24-11/h4-5,10H,6-9H2,1-3H3,(H,19,23)(H,21,22)/b20-12+/t10-,17-/m1/s1. The molecule has 1 heterocycles. The van der Waals surface area contributed by atoms with Crippen molar-refractivity contribution in [1.82, 2.24) is 10.7 Å². The van der Waals surface area contributed by atoms with Gasteiger partial charge >= 0.3 is 0 Å². The number of nitrogens with zero attached hydrogens (tertiary/aromatic N) is 1. The summed E-state index contributed by atoms with van der Waals surface area (Å²) >= 11 is 3.13. The van der Waals surface area contributed by atoms with Gasteiger partial charge in [0.2, 0.25) is 0 Å². The van der Waals surface area contributed by atoms with Crippen LogP contribution in [0.1, 0.15) is 50.6 Å². The van der Waals surface area contributed by atoms with E-state index in [4.69, 9.17) is 4.42 Å². The Balaban J connectivity index is 1.54. The molecule has 2 aliphatic carbocycles. The number of furan rings is 1. The Kier molecular flexibility index (Phi) is 4.32. The van der Waals surface area contributed by atoms with E-state index in [1.807, 2.05) is 0 Å². The molecule has 2 amide bonds. The molecule has 130 valence electrons. The van der Waals surface area contributed by atoms with Crippen molar-refractivity contribution < 1.29 is 14.0 Å². The quantitative estimate of drug-likeness (QED) is 0.768. The first-order valence-electron chi connectivity index (χ1n) is 8.13. The van der Waals surface area contributed by atoms with Gasteiger partial charge in [0, 0.05) is 11.1 Å². The van der Waals surface area contributed by atoms with Crippen LogP contribution in [0.25, 0.3) is 0 Å². The van der Waals surface area contributed by atoms with Gasteiger partial charge in [-0.3, -0.25) is 9.59 Å². The summed E-state index contributed by atoms with van der Waals surface area (Å²) in [6.45, 7) is 6.67. The molecule has 0 unspecified atom stereocenters. The minimum atomic E-state index is -0.434. The van der Waals surface area contributed by atoms with E-state index in [0.717, 1.165) is 18.6 Å². The Morgan fingerprint density at radius 3 is 2.67 bits per heavy atom. The maximum Gasteiger partial charge on any atom is 0.287 e. The number of carbonyl (C=O) groups is 2. The van der Waals surface area contributed by atoms with E-state index in [0.29, 0.717) is 10.6 Å². The number of halogens is 1. The lowest BCUT2D eigenvalue weighted by Gasteiger charge is -2.34. The lowest BCUT2D eigenvalue weighted by atomic mass is 9.70. The Bertz CT molecular complexity index is 710. The van der Waals surface area contributed by atoms with E-state index >= 15 is 0 Å². The highest BCUT2D eigenvalue weighted by atomic mass is 79.9. The molecule has 0 radical (unpaired) electrons. The molecule has 2 aliphatic rings. The summed E-state index contributed by atoms with van der Waals surface area (Å²) in [7, 11) is 0. The molecule has 2 atom stereocenters. The van der Waals surface area contributed by atoms with Gasteiger partial charge in [0.15, 0.2) is 10.4 Å². The highest BCUT2D eigenvalue weighted by molar-refractivity contribution is 9.10. The van der Waals surface area contributed by atoms with Crippen LogP contribution in [0.3, 0.4) is 0 Å². The second-order valence-electron chi connectivity index (χ2n) is 7.37. The minimum absolute atomic E-state index is 0.0502. The SMILES string of the molecule is CC1(C)[C@@H]2CC[C@]1(C)/C(=N/NC(=O)CNC(=O)c1ccc(Br)o1)C2. The number of amides is 2. The number of rotatable bonds is 4. The summed E-state index contributed by atoms with van der Waals surface area (Å²) in [4.78, 5) is 23.8. The van der Waals surface area contributed by atoms with E-state index in [9.17, 15) is 9.59 Å². The van der Waals surface area contributed by atoms with Crippen LogP contribution >= 0.6 is 15.9 Å². The van der Waals surface area contributed by atoms with Crippen molar-refractivity contribution in [1.29, 1.82) is 0 Å². The van der Waals surface area contributed by atoms with Gasteiger partial charge in [-0.05, 0) is 58.7 Å². The first-order valence-corrected chi connectivity index (χ1v) is 8.93. The van der Waals surface area contributed by atoms with Gasteiger partial charge in [-0.25, -0.2) is 5.43 Å². The average molecular weight is 396 g/mol. The van der Waals surface area contributed by atoms with Crippen molar-refractivity contribution in [2.24, 2.45) is 21.8 Å². The predicted molar refractivity (Wildman–Crippen MR) is 93.5 cm³/mol. The second-order valence-corrected chi connectivity index (χ2v) is 8.16. The highest BCUT2D eigenvalue weighted by Crippen LogP contribution is 2.63. The smallest absolute Gasteiger partial charge is 0.287 e. The predicted octanol–water partition coefficient (Wildman–Crippen LogP) is 3.09. The first kappa shape index (κ1) is 17.2. The number of hydrazone groups is 1. The Morgan fingerprint density at radius 2 is 2.12 bits per heavy atom. The Labute approximate surface area is 149 Å². The third-order valence-electron chi connectivity index (χ3n) is 6.03. The minimum Gasteiger partial charge on any atom is -0.444 e. The molecular weight excluding hydrogens is 374 g/mol. The number of fused-ring (bicyclic) bond motifs is 2. The van der Waals surface area contributed by atoms with Crippen LogP contribution in [0.15, 0.2) is 26.3 Å². The molecule has 0 saturated heterocycles. The molecule has 0 aliphatic heterocycles. The maximum atomic E-state index is 11.9. The van der Waals surface area contributed by atoms with Crippen molar-refractivity contribution in [3.8, 4) is 0 Å². The third-order valence-corrected chi connectivity index (χ3v) is 6.46. The van der Waals surface area contributed by atoms with Gasteiger partial charge in [0.25, 0.3) is 11.8 Å². The third kappa shape index (κ3) is 2.79. The lowest BCUT2D eigenvalue weighted by molar-refractivity contribution is -0.120. The van der Waals surface area contributed by atoms with Crippen LogP contribution in [0, 0.1) is 16.7 Å². The topological polar surface area (TPSA) is 83.7 Å². The van der Waals surface area contributed by atoms with Gasteiger partial charge in [-0.1, -0.05) is 20.8 Å². The molecule has 2 N–H and O–H groups in total. The monoisotopic (exact) mass is 395 g/mol. The summed E-state index contributed by atoms with van der Waals surface area (Å²) in [5.74, 6) is 0.0146. The van der Waals surface area contributed by atoms with Gasteiger partial charge in [0.1, 0.15) is 0 Å². The summed E-state index contributed by atoms with van der Waals surface area (Å²) in [6.07, 6.45) is 3.28. The van der Waals surface area contributed by atoms with Gasteiger partial charge < -0.3 is 9.73 Å². The van der Waals surface area contributed by atoms with Crippen LogP contribution < -0.4 is 10.7 Å². The Morgan fingerprint density at radius 1 is 1.38 bits per heavy atom. The zero-order valence-electron chi connectivity index (χ0n) is 14.1. The number of nitrogens with one attached hydrogen (secondary N) is 2. The summed E-state index contributed by atoms with van der Waals surface area (Å²) in [5.41, 5.74) is 3.92. The average Bonchev–Trinajstić information content (AvgIpc) is 3.11. The van der Waals surface area contributed by atoms with Gasteiger partial charge in [-0.15, -0.1) is 0 Å². The van der Waals surface area contributed by atoms with E-state index < -0.39 is 5.91 Å². The van der Waals surface area contributed by atoms with E-state index in [1.54, 1.807) is 6.07 Å². The van der Waals surface area contributed by atoms with Crippen LogP contribution in [0.4, 0.5) is 0 Å². The molecular formula is C17H22BrN3O3. The second kappa shape index (κ2) is 6.02. The molecule has 2 saturated carbocycles. The van der Waals surface area contributed by atoms with Crippen LogP contribution in [-0.2, 0) is 4.79 Å². The van der Waals surface area contributed by atoms with Crippen molar-refractivity contribution >= 4 is 33.5 Å². The molecule has 2 bridgehead atoms. The number of hydrogen-bond donors (Lipinski definition) is 2. The van der Waals surface area contributed by atoms with Gasteiger partial charge in [-0.2, -0.15) is 5.10 Å². The summed E-state index contributed by atoms with van der Waals surface area (Å²) in [6, 6.07) is 3.16. The molecule has 0 spiro atoms. The van der Waals surface area contributed by atoms with Crippen LogP contribution in [0.5, 0.6) is 0 Å². The van der Waals surface area contributed by atoms with Crippen molar-refractivity contribution in [3.05, 3.63) is 22.6 Å². The van der Waals surface area contributed by atoms with Crippen LogP contribution in [-0.4, -0.2) is 24.1 Å². The number of carbonyl (C=O) groups excluding carboxylic acids is 2. The van der Waals surface area contributed by atoms with Crippen molar-refractivity contribution in [3.63, 3.8) is 0 Å². The molecule has 7 heteroatoms. The zero-order chi connectivity index (χ0) is 17.5. The molecule has 3 rings (SSSR count). The van der Waals surface area contributed by atoms with E-state index in [-0.39, 0.29) is 29.0 Å². The molecule has 24 heavy (non-hydrogen) atoms. The normalized spacial score (nSPS) is 29.0. The lowest BCUT2D eigenvalue weighted by Crippen LogP contribution is -2.37. The molecule has 1 aromatic rings. The fourth-order valence-electron chi connectivity index (χ4n) is 3.95. The van der Waals surface area contributed by atoms with E-state index in [1.165, 1.54) is 12.5 Å². The molecule has 6 nitrogen and oxygen atoms in total. The Hall–Kier alpha value is -1.63.